The van der Waals surface area contributed by atoms with Crippen molar-refractivity contribution in [3.8, 4) is 0 Å². The van der Waals surface area contributed by atoms with Crippen LogP contribution in [0.3, 0.4) is 0 Å². The van der Waals surface area contributed by atoms with Crippen LogP contribution in [0.15, 0.2) is 17.7 Å². The van der Waals surface area contributed by atoms with Crippen LogP contribution in [0.25, 0.3) is 0 Å². The second-order valence-corrected chi connectivity index (χ2v) is 5.09. The van der Waals surface area contributed by atoms with Crippen LogP contribution < -0.4 is 0 Å². The molecule has 0 bridgehead atoms. The van der Waals surface area contributed by atoms with Crippen LogP contribution in [-0.2, 0) is 24.8 Å². The Balaban J connectivity index is 2.03. The fourth-order valence-electron chi connectivity index (χ4n) is 1.68. The van der Waals surface area contributed by atoms with Gasteiger partial charge in [0.1, 0.15) is 12.2 Å². The molecule has 0 aliphatic carbocycles. The van der Waals surface area contributed by atoms with Crippen LogP contribution >= 0.6 is 11.8 Å². The lowest BCUT2D eigenvalue weighted by molar-refractivity contribution is -0.133. The van der Waals surface area contributed by atoms with Gasteiger partial charge in [0.2, 0.25) is 0 Å². The molecule has 8 heteroatoms. The maximum absolute atomic E-state index is 10.6. The molecule has 0 aromatic carbocycles. The zero-order valence-corrected chi connectivity index (χ0v) is 11.6. The van der Waals surface area contributed by atoms with Crippen molar-refractivity contribution in [1.29, 1.82) is 0 Å². The predicted octanol–water partition coefficient (Wildman–Crippen LogP) is 0.739. The molecule has 0 amide bonds. The lowest BCUT2D eigenvalue weighted by Crippen LogP contribution is -2.07. The lowest BCUT2D eigenvalue weighted by Gasteiger charge is -2.06. The molecule has 0 saturated heterocycles. The molecule has 0 unspecified atom stereocenters. The molecule has 0 aliphatic rings. The molecule has 102 valence electrons. The first kappa shape index (κ1) is 13.6. The summed E-state index contributed by atoms with van der Waals surface area (Å²) >= 11 is 1.23. The summed E-state index contributed by atoms with van der Waals surface area (Å²) in [7, 11) is 1.90. The van der Waals surface area contributed by atoms with Gasteiger partial charge in [0, 0.05) is 26.2 Å². The summed E-state index contributed by atoms with van der Waals surface area (Å²) in [6, 6.07) is 0. The number of aromatic nitrogens is 5. The number of aryl methyl sites for hydroxylation is 4. The number of thioether (sulfide) groups is 1. The number of hydrogen-bond acceptors (Lipinski definition) is 5. The van der Waals surface area contributed by atoms with E-state index >= 15 is 0 Å². The van der Waals surface area contributed by atoms with E-state index in [4.69, 9.17) is 5.11 Å². The lowest BCUT2D eigenvalue weighted by atomic mass is 10.4. The van der Waals surface area contributed by atoms with Gasteiger partial charge in [0.05, 0.1) is 11.4 Å². The summed E-state index contributed by atoms with van der Waals surface area (Å²) in [5, 5.41) is 17.3. The van der Waals surface area contributed by atoms with Crippen molar-refractivity contribution in [2.24, 2.45) is 7.05 Å². The molecule has 1 N–H and O–H groups in total. The van der Waals surface area contributed by atoms with Crippen molar-refractivity contribution >= 4 is 17.7 Å². The van der Waals surface area contributed by atoms with Crippen LogP contribution in [0.1, 0.15) is 11.5 Å². The molecule has 0 radical (unpaired) electrons. The Labute approximate surface area is 114 Å². The summed E-state index contributed by atoms with van der Waals surface area (Å²) < 4.78 is 3.82. The van der Waals surface area contributed by atoms with Gasteiger partial charge in [0.25, 0.3) is 0 Å². The zero-order chi connectivity index (χ0) is 13.8. The third kappa shape index (κ3) is 3.57. The number of carboxylic acid groups (broad SMARTS) is 1. The van der Waals surface area contributed by atoms with Crippen LogP contribution in [0.4, 0.5) is 0 Å². The smallest absolute Gasteiger partial charge is 0.313 e. The van der Waals surface area contributed by atoms with E-state index in [1.54, 1.807) is 6.33 Å². The first-order valence-electron chi connectivity index (χ1n) is 5.77. The highest BCUT2D eigenvalue weighted by atomic mass is 32.2. The summed E-state index contributed by atoms with van der Waals surface area (Å²) in [4.78, 5) is 14.9. The number of imidazole rings is 1. The molecule has 0 saturated carbocycles. The second kappa shape index (κ2) is 5.87. The minimum absolute atomic E-state index is 0.0143. The van der Waals surface area contributed by atoms with Gasteiger partial charge in [-0.2, -0.15) is 0 Å². The van der Waals surface area contributed by atoms with Crippen molar-refractivity contribution in [3.05, 3.63) is 24.0 Å². The molecule has 0 atom stereocenters. The Morgan fingerprint density at radius 3 is 2.95 bits per heavy atom. The van der Waals surface area contributed by atoms with E-state index in [0.717, 1.165) is 23.1 Å². The van der Waals surface area contributed by atoms with E-state index in [2.05, 4.69) is 15.2 Å². The molecule has 7 nitrogen and oxygen atoms in total. The SMILES string of the molecule is Cc1cn(CCc2nncn2C)c(SCC(=O)O)n1. The van der Waals surface area contributed by atoms with Gasteiger partial charge >= 0.3 is 5.97 Å². The fraction of sp³-hybridized carbons (Fsp3) is 0.455. The molecule has 0 aliphatic heterocycles. The van der Waals surface area contributed by atoms with E-state index in [9.17, 15) is 4.79 Å². The number of aliphatic carboxylic acids is 1. The van der Waals surface area contributed by atoms with Gasteiger partial charge in [0.15, 0.2) is 5.16 Å². The number of rotatable bonds is 6. The average molecular weight is 281 g/mol. The molecule has 2 heterocycles. The highest BCUT2D eigenvalue weighted by Gasteiger charge is 2.10. The van der Waals surface area contributed by atoms with E-state index in [-0.39, 0.29) is 5.75 Å². The van der Waals surface area contributed by atoms with Gasteiger partial charge < -0.3 is 14.2 Å². The largest absolute Gasteiger partial charge is 0.481 e. The first-order chi connectivity index (χ1) is 9.06. The van der Waals surface area contributed by atoms with Crippen molar-refractivity contribution in [1.82, 2.24) is 24.3 Å². The van der Waals surface area contributed by atoms with E-state index in [1.165, 1.54) is 11.8 Å². The predicted molar refractivity (Wildman–Crippen MR) is 70.0 cm³/mol. The van der Waals surface area contributed by atoms with Crippen molar-refractivity contribution < 1.29 is 9.90 Å². The number of carbonyl (C=O) groups is 1. The second-order valence-electron chi connectivity index (χ2n) is 4.15. The zero-order valence-electron chi connectivity index (χ0n) is 10.8. The number of hydrogen-bond donors (Lipinski definition) is 1. The van der Waals surface area contributed by atoms with Crippen LogP contribution in [0.2, 0.25) is 0 Å². The third-order valence-electron chi connectivity index (χ3n) is 2.57. The van der Waals surface area contributed by atoms with Gasteiger partial charge in [-0.3, -0.25) is 4.79 Å². The third-order valence-corrected chi connectivity index (χ3v) is 3.54. The molecule has 2 aromatic heterocycles. The maximum Gasteiger partial charge on any atom is 0.313 e. The minimum Gasteiger partial charge on any atom is -0.481 e. The molecule has 19 heavy (non-hydrogen) atoms. The Morgan fingerprint density at radius 1 is 1.53 bits per heavy atom. The molecular weight excluding hydrogens is 266 g/mol. The first-order valence-corrected chi connectivity index (χ1v) is 6.76. The monoisotopic (exact) mass is 281 g/mol. The normalized spacial score (nSPS) is 10.8. The molecule has 2 aromatic rings. The quantitative estimate of drug-likeness (QED) is 0.786. The molecule has 0 spiro atoms. The number of nitrogens with zero attached hydrogens (tertiary/aromatic N) is 5. The summed E-state index contributed by atoms with van der Waals surface area (Å²) in [5.41, 5.74) is 0.880. The maximum atomic E-state index is 10.6. The van der Waals surface area contributed by atoms with E-state index in [1.807, 2.05) is 29.3 Å². The summed E-state index contributed by atoms with van der Waals surface area (Å²) in [6.45, 7) is 2.60. The van der Waals surface area contributed by atoms with E-state index < -0.39 is 5.97 Å². The topological polar surface area (TPSA) is 85.8 Å². The summed E-state index contributed by atoms with van der Waals surface area (Å²) in [6.07, 6.45) is 4.31. The Bertz CT molecular complexity index is 577. The fourth-order valence-corrected chi connectivity index (χ4v) is 2.45. The number of carboxylic acids is 1. The van der Waals surface area contributed by atoms with Crippen LogP contribution in [0, 0.1) is 6.92 Å². The highest BCUT2D eigenvalue weighted by Crippen LogP contribution is 2.17. The average Bonchev–Trinajstić information content (AvgIpc) is 2.90. The van der Waals surface area contributed by atoms with Gasteiger partial charge in [-0.1, -0.05) is 11.8 Å². The standard InChI is InChI=1S/C11H15N5O2S/c1-8-5-16(11(13-8)19-6-10(17)18)4-3-9-14-12-7-15(9)2/h5,7H,3-4,6H2,1-2H3,(H,17,18). The highest BCUT2D eigenvalue weighted by molar-refractivity contribution is 7.99. The van der Waals surface area contributed by atoms with Crippen LogP contribution in [0.5, 0.6) is 0 Å². The Kier molecular flexibility index (Phi) is 4.20. The van der Waals surface area contributed by atoms with E-state index in [0.29, 0.717) is 6.54 Å². The van der Waals surface area contributed by atoms with Crippen LogP contribution in [-0.4, -0.2) is 41.1 Å². The molecule has 2 rings (SSSR count). The van der Waals surface area contributed by atoms with Crippen molar-refractivity contribution in [2.75, 3.05) is 5.75 Å². The van der Waals surface area contributed by atoms with Gasteiger partial charge in [-0.15, -0.1) is 10.2 Å². The van der Waals surface area contributed by atoms with Gasteiger partial charge in [-0.05, 0) is 6.92 Å². The Hall–Kier alpha value is -1.83. The minimum atomic E-state index is -0.842. The van der Waals surface area contributed by atoms with Crippen molar-refractivity contribution in [2.45, 2.75) is 25.0 Å². The Morgan fingerprint density at radius 2 is 2.32 bits per heavy atom. The van der Waals surface area contributed by atoms with Crippen molar-refractivity contribution in [3.63, 3.8) is 0 Å². The van der Waals surface area contributed by atoms with Gasteiger partial charge in [-0.25, -0.2) is 4.98 Å². The summed E-state index contributed by atoms with van der Waals surface area (Å²) in [5.74, 6) is 0.0616. The molecular formula is C11H15N5O2S. The molecule has 0 fully saturated rings.